The van der Waals surface area contributed by atoms with Gasteiger partial charge in [-0.3, -0.25) is 19.3 Å². The molecule has 2 aromatic carbocycles. The van der Waals surface area contributed by atoms with Gasteiger partial charge in [0.1, 0.15) is 5.56 Å². The fourth-order valence-electron chi connectivity index (χ4n) is 2.93. The number of para-hydroxylation sites is 1. The molecule has 0 saturated heterocycles. The number of hydrogen-bond acceptors (Lipinski definition) is 4. The van der Waals surface area contributed by atoms with Gasteiger partial charge < -0.3 is 5.11 Å². The van der Waals surface area contributed by atoms with Crippen LogP contribution in [0.1, 0.15) is 16.7 Å². The van der Waals surface area contributed by atoms with Crippen molar-refractivity contribution < 1.29 is 5.11 Å². The van der Waals surface area contributed by atoms with Gasteiger partial charge in [0.15, 0.2) is 0 Å². The van der Waals surface area contributed by atoms with Crippen LogP contribution in [0.4, 0.5) is 5.69 Å². The molecule has 0 spiro atoms. The fourth-order valence-corrected chi connectivity index (χ4v) is 2.93. The molecule has 2 heterocycles. The number of nitrogens with zero attached hydrogens (tertiary/aromatic N) is 2. The molecule has 1 aliphatic rings. The summed E-state index contributed by atoms with van der Waals surface area (Å²) in [7, 11) is 0. The topological polar surface area (TPSA) is 87.5 Å². The molecule has 0 saturated carbocycles. The van der Waals surface area contributed by atoms with Crippen molar-refractivity contribution in [1.29, 1.82) is 0 Å². The number of aromatic nitrogens is 2. The normalized spacial score (nSPS) is 13.9. The minimum absolute atomic E-state index is 0.0266. The average Bonchev–Trinajstić information content (AvgIpc) is 3.06. The van der Waals surface area contributed by atoms with Crippen molar-refractivity contribution in [2.24, 2.45) is 4.99 Å². The van der Waals surface area contributed by atoms with E-state index in [4.69, 9.17) is 0 Å². The fraction of sp³-hybridized carbons (Fsp3) is 0.0500. The molecule has 26 heavy (non-hydrogen) atoms. The smallest absolute Gasteiger partial charge is 0.331 e. The summed E-state index contributed by atoms with van der Waals surface area (Å²) in [5.41, 5.74) is 1.94. The molecular weight excluding hydrogens is 330 g/mol. The van der Waals surface area contributed by atoms with Crippen LogP contribution >= 0.6 is 0 Å². The number of nitrogens with one attached hydrogen (secondary N) is 1. The number of benzene rings is 2. The zero-order chi connectivity index (χ0) is 18.1. The molecule has 0 bridgehead atoms. The standard InChI is InChI=1S/C20H15N3O3/c24-18-16(10-14-11-21-17-9-5-4-8-15(14)17)19(25)23(20(26)22-18)12-13-6-2-1-3-7-13/h1-11,25H,12H2,(H,22,24,26). The maximum Gasteiger partial charge on any atom is 0.331 e. The van der Waals surface area contributed by atoms with Gasteiger partial charge >= 0.3 is 5.69 Å². The van der Waals surface area contributed by atoms with E-state index in [2.05, 4.69) is 9.98 Å². The summed E-state index contributed by atoms with van der Waals surface area (Å²) in [6, 6.07) is 16.8. The van der Waals surface area contributed by atoms with Crippen LogP contribution in [0.3, 0.4) is 0 Å². The Morgan fingerprint density at radius 2 is 1.77 bits per heavy atom. The lowest BCUT2D eigenvalue weighted by atomic mass is 10.1. The summed E-state index contributed by atoms with van der Waals surface area (Å²) in [4.78, 5) is 31.0. The van der Waals surface area contributed by atoms with E-state index in [9.17, 15) is 14.7 Å². The first-order valence-corrected chi connectivity index (χ1v) is 8.08. The zero-order valence-corrected chi connectivity index (χ0v) is 13.7. The molecule has 2 N–H and O–H groups in total. The van der Waals surface area contributed by atoms with Crippen LogP contribution in [0, 0.1) is 0 Å². The van der Waals surface area contributed by atoms with Gasteiger partial charge in [0, 0.05) is 17.4 Å². The van der Waals surface area contributed by atoms with Gasteiger partial charge in [0.05, 0.1) is 12.2 Å². The first-order valence-electron chi connectivity index (χ1n) is 8.08. The predicted molar refractivity (Wildman–Crippen MR) is 101 cm³/mol. The Balaban J connectivity index is 1.82. The number of hydrogen-bond donors (Lipinski definition) is 2. The molecule has 6 heteroatoms. The van der Waals surface area contributed by atoms with Gasteiger partial charge in [0.25, 0.3) is 5.56 Å². The maximum atomic E-state index is 12.2. The number of aromatic hydroxyl groups is 1. The van der Waals surface area contributed by atoms with Gasteiger partial charge in [0.2, 0.25) is 5.88 Å². The summed E-state index contributed by atoms with van der Waals surface area (Å²) in [6.07, 6.45) is 3.18. The van der Waals surface area contributed by atoms with Gasteiger partial charge in [-0.15, -0.1) is 0 Å². The first kappa shape index (κ1) is 15.8. The monoisotopic (exact) mass is 345 g/mol. The van der Waals surface area contributed by atoms with Crippen molar-refractivity contribution >= 4 is 23.6 Å². The third-order valence-electron chi connectivity index (χ3n) is 4.25. The van der Waals surface area contributed by atoms with Crippen LogP contribution in [0.15, 0.2) is 69.2 Å². The van der Waals surface area contributed by atoms with Crippen molar-refractivity contribution in [3.05, 3.63) is 92.1 Å². The number of H-pyrrole nitrogens is 1. The maximum absolute atomic E-state index is 12.2. The first-order chi connectivity index (χ1) is 12.6. The molecule has 1 aromatic heterocycles. The van der Waals surface area contributed by atoms with Gasteiger partial charge in [-0.2, -0.15) is 0 Å². The van der Waals surface area contributed by atoms with E-state index in [0.717, 1.165) is 21.4 Å². The second-order valence-electron chi connectivity index (χ2n) is 5.94. The molecule has 1 aliphatic heterocycles. The molecular formula is C20H15N3O3. The lowest BCUT2D eigenvalue weighted by molar-refractivity contribution is 0.408. The number of allylic oxidation sites excluding steroid dienone is 1. The Hall–Kier alpha value is -3.67. The molecule has 3 aromatic rings. The highest BCUT2D eigenvalue weighted by atomic mass is 16.3. The molecule has 0 atom stereocenters. The average molecular weight is 345 g/mol. The number of aromatic amines is 1. The Bertz CT molecular complexity index is 1150. The quantitative estimate of drug-likeness (QED) is 0.765. The predicted octanol–water partition coefficient (Wildman–Crippen LogP) is 2.55. The lowest BCUT2D eigenvalue weighted by Crippen LogP contribution is -2.31. The second-order valence-corrected chi connectivity index (χ2v) is 5.94. The summed E-state index contributed by atoms with van der Waals surface area (Å²) in [5.74, 6) is -0.368. The molecule has 0 aliphatic carbocycles. The van der Waals surface area contributed by atoms with Crippen LogP contribution in [0.5, 0.6) is 5.88 Å². The summed E-state index contributed by atoms with van der Waals surface area (Å²) in [5, 5.41) is 10.6. The third kappa shape index (κ3) is 2.77. The van der Waals surface area contributed by atoms with Crippen LogP contribution in [0.2, 0.25) is 0 Å². The van der Waals surface area contributed by atoms with E-state index in [0.29, 0.717) is 5.57 Å². The van der Waals surface area contributed by atoms with Crippen molar-refractivity contribution in [1.82, 2.24) is 9.55 Å². The zero-order valence-electron chi connectivity index (χ0n) is 13.7. The molecule has 0 fully saturated rings. The van der Waals surface area contributed by atoms with Crippen LogP contribution in [-0.2, 0) is 6.54 Å². The van der Waals surface area contributed by atoms with Crippen molar-refractivity contribution in [2.75, 3.05) is 0 Å². The molecule has 0 radical (unpaired) electrons. The molecule has 6 nitrogen and oxygen atoms in total. The van der Waals surface area contributed by atoms with Crippen molar-refractivity contribution in [3.63, 3.8) is 0 Å². The van der Waals surface area contributed by atoms with Gasteiger partial charge in [-0.1, -0.05) is 48.5 Å². The molecule has 128 valence electrons. The molecule has 4 rings (SSSR count). The van der Waals surface area contributed by atoms with Gasteiger partial charge in [-0.25, -0.2) is 4.79 Å². The highest BCUT2D eigenvalue weighted by Gasteiger charge is 2.16. The summed E-state index contributed by atoms with van der Waals surface area (Å²) in [6.45, 7) is 0.156. The van der Waals surface area contributed by atoms with Crippen molar-refractivity contribution in [3.8, 4) is 5.88 Å². The van der Waals surface area contributed by atoms with E-state index in [-0.39, 0.29) is 18.0 Å². The summed E-state index contributed by atoms with van der Waals surface area (Å²) >= 11 is 0. The Kier molecular flexibility index (Phi) is 3.85. The molecule has 0 unspecified atom stereocenters. The lowest BCUT2D eigenvalue weighted by Gasteiger charge is -2.10. The summed E-state index contributed by atoms with van der Waals surface area (Å²) < 4.78 is 1.14. The molecule has 0 amide bonds. The Labute approximate surface area is 148 Å². The van der Waals surface area contributed by atoms with E-state index in [1.54, 1.807) is 12.3 Å². The largest absolute Gasteiger partial charge is 0.494 e. The number of aliphatic imine (C=N–C) groups is 1. The van der Waals surface area contributed by atoms with E-state index < -0.39 is 11.2 Å². The number of fused-ring (bicyclic) bond motifs is 1. The Morgan fingerprint density at radius 3 is 2.58 bits per heavy atom. The van der Waals surface area contributed by atoms with Gasteiger partial charge in [-0.05, 0) is 17.7 Å². The Morgan fingerprint density at radius 1 is 1.04 bits per heavy atom. The number of rotatable bonds is 3. The van der Waals surface area contributed by atoms with E-state index in [1.807, 2.05) is 54.6 Å². The highest BCUT2D eigenvalue weighted by molar-refractivity contribution is 6.21. The second kappa shape index (κ2) is 6.33. The highest BCUT2D eigenvalue weighted by Crippen LogP contribution is 2.32. The van der Waals surface area contributed by atoms with Crippen LogP contribution < -0.4 is 11.2 Å². The third-order valence-corrected chi connectivity index (χ3v) is 4.25. The van der Waals surface area contributed by atoms with Crippen LogP contribution in [-0.4, -0.2) is 20.9 Å². The van der Waals surface area contributed by atoms with E-state index >= 15 is 0 Å². The minimum Gasteiger partial charge on any atom is -0.494 e. The van der Waals surface area contributed by atoms with Crippen LogP contribution in [0.25, 0.3) is 11.6 Å². The van der Waals surface area contributed by atoms with E-state index in [1.165, 1.54) is 0 Å². The minimum atomic E-state index is -0.654. The van der Waals surface area contributed by atoms with Crippen molar-refractivity contribution in [2.45, 2.75) is 6.54 Å². The SMILES string of the molecule is O=c1[nH]c(=O)n(Cc2ccccc2)c(O)c1C=C1C=Nc2ccccc21.